The van der Waals surface area contributed by atoms with Gasteiger partial charge in [0.2, 0.25) is 5.78 Å². The summed E-state index contributed by atoms with van der Waals surface area (Å²) in [6, 6.07) is 11.3. The number of amides is 1. The minimum absolute atomic E-state index is 0.0539. The van der Waals surface area contributed by atoms with Crippen LogP contribution in [-0.4, -0.2) is 60.2 Å². The maximum absolute atomic E-state index is 13.6. The number of piperazine rings is 1. The lowest BCUT2D eigenvalue weighted by atomic mass is 10.0. The molecule has 1 aromatic carbocycles. The number of fused-ring (bicyclic) bond motifs is 3. The minimum Gasteiger partial charge on any atom is -0.447 e. The Bertz CT molecular complexity index is 1470. The van der Waals surface area contributed by atoms with Crippen LogP contribution in [0.2, 0.25) is 0 Å². The molecule has 4 aromatic rings. The van der Waals surface area contributed by atoms with Gasteiger partial charge in [-0.1, -0.05) is 24.3 Å². The van der Waals surface area contributed by atoms with Crippen LogP contribution in [0.4, 0.5) is 0 Å². The van der Waals surface area contributed by atoms with Crippen LogP contribution in [0.3, 0.4) is 0 Å². The van der Waals surface area contributed by atoms with Crippen molar-refractivity contribution in [1.82, 2.24) is 29.2 Å². The Morgan fingerprint density at radius 1 is 0.946 bits per heavy atom. The van der Waals surface area contributed by atoms with Crippen molar-refractivity contribution in [2.45, 2.75) is 69.0 Å². The van der Waals surface area contributed by atoms with E-state index in [1.165, 1.54) is 24.8 Å². The van der Waals surface area contributed by atoms with E-state index in [1.54, 1.807) is 6.20 Å². The zero-order valence-corrected chi connectivity index (χ0v) is 20.8. The molecule has 8 heteroatoms. The largest absolute Gasteiger partial charge is 0.447 e. The average molecular weight is 495 g/mol. The number of oxazole rings is 1. The van der Waals surface area contributed by atoms with Crippen LogP contribution >= 0.6 is 0 Å². The maximum atomic E-state index is 13.6. The zero-order chi connectivity index (χ0) is 24.5. The van der Waals surface area contributed by atoms with Gasteiger partial charge < -0.3 is 9.32 Å². The summed E-state index contributed by atoms with van der Waals surface area (Å²) in [7, 11) is 0. The van der Waals surface area contributed by atoms with Crippen LogP contribution in [-0.2, 0) is 6.54 Å². The number of carbonyl (C=O) groups is 1. The quantitative estimate of drug-likeness (QED) is 0.389. The molecule has 3 aromatic heterocycles. The summed E-state index contributed by atoms with van der Waals surface area (Å²) in [4.78, 5) is 32.0. The second kappa shape index (κ2) is 8.25. The van der Waals surface area contributed by atoms with E-state index in [0.29, 0.717) is 11.6 Å². The number of nitrogens with zero attached hydrogens (tertiary/aromatic N) is 6. The SMILES string of the molecule is O=C(c1ncoc1C1CC1)N1C2CCC1CN(Cc1c(-c3ccc(C4CC4)cc3)nc3ncccn13)C2. The van der Waals surface area contributed by atoms with Gasteiger partial charge in [-0.25, -0.2) is 15.0 Å². The van der Waals surface area contributed by atoms with Crippen molar-refractivity contribution in [1.29, 1.82) is 0 Å². The lowest BCUT2D eigenvalue weighted by Crippen LogP contribution is -2.55. The number of hydrogen-bond acceptors (Lipinski definition) is 6. The second-order valence-corrected chi connectivity index (χ2v) is 11.2. The third-order valence-electron chi connectivity index (χ3n) is 8.65. The number of aromatic nitrogens is 4. The molecule has 4 fully saturated rings. The van der Waals surface area contributed by atoms with Crippen molar-refractivity contribution in [3.63, 3.8) is 0 Å². The first kappa shape index (κ1) is 21.6. The molecule has 2 unspecified atom stereocenters. The van der Waals surface area contributed by atoms with Crippen LogP contribution in [0.15, 0.2) is 53.5 Å². The third-order valence-corrected chi connectivity index (χ3v) is 8.65. The van der Waals surface area contributed by atoms with E-state index in [1.807, 2.05) is 6.07 Å². The fourth-order valence-electron chi connectivity index (χ4n) is 6.48. The Morgan fingerprint density at radius 3 is 2.43 bits per heavy atom. The normalized spacial score (nSPS) is 23.7. The van der Waals surface area contributed by atoms with Crippen molar-refractivity contribution in [2.24, 2.45) is 0 Å². The van der Waals surface area contributed by atoms with E-state index in [4.69, 9.17) is 9.40 Å². The predicted molar refractivity (Wildman–Crippen MR) is 137 cm³/mol. The smallest absolute Gasteiger partial charge is 0.276 e. The van der Waals surface area contributed by atoms with E-state index in [0.717, 1.165) is 79.7 Å². The Hall–Kier alpha value is -3.52. The van der Waals surface area contributed by atoms with Crippen molar-refractivity contribution in [2.75, 3.05) is 13.1 Å². The van der Waals surface area contributed by atoms with E-state index in [2.05, 4.69) is 54.6 Å². The van der Waals surface area contributed by atoms with Gasteiger partial charge in [-0.3, -0.25) is 14.1 Å². The van der Waals surface area contributed by atoms with Crippen LogP contribution in [0.5, 0.6) is 0 Å². The number of likely N-dealkylation sites (tertiary alicyclic amines) is 1. The van der Waals surface area contributed by atoms with Crippen LogP contribution in [0.1, 0.15) is 77.9 Å². The predicted octanol–water partition coefficient (Wildman–Crippen LogP) is 4.63. The fourth-order valence-corrected chi connectivity index (χ4v) is 6.48. The van der Waals surface area contributed by atoms with Gasteiger partial charge in [-0.15, -0.1) is 0 Å². The monoisotopic (exact) mass is 494 g/mol. The maximum Gasteiger partial charge on any atom is 0.276 e. The summed E-state index contributed by atoms with van der Waals surface area (Å²) in [5.74, 6) is 2.69. The molecular formula is C29H30N6O2. The number of imidazole rings is 1. The van der Waals surface area contributed by atoms with Crippen molar-refractivity contribution in [3.05, 3.63) is 71.8 Å². The number of hydrogen-bond donors (Lipinski definition) is 0. The third kappa shape index (κ3) is 3.69. The highest BCUT2D eigenvalue weighted by Crippen LogP contribution is 2.43. The van der Waals surface area contributed by atoms with E-state index >= 15 is 0 Å². The Morgan fingerprint density at radius 2 is 1.70 bits per heavy atom. The topological polar surface area (TPSA) is 79.8 Å². The van der Waals surface area contributed by atoms with Crippen molar-refractivity contribution in [3.8, 4) is 11.3 Å². The molecule has 2 bridgehead atoms. The average Bonchev–Trinajstić information content (AvgIpc) is 3.85. The Labute approximate surface area is 215 Å². The number of carbonyl (C=O) groups excluding carboxylic acids is 1. The molecule has 5 heterocycles. The fraction of sp³-hybridized carbons (Fsp3) is 0.448. The second-order valence-electron chi connectivity index (χ2n) is 11.2. The first-order valence-corrected chi connectivity index (χ1v) is 13.6. The van der Waals surface area contributed by atoms with Gasteiger partial charge >= 0.3 is 0 Å². The van der Waals surface area contributed by atoms with Gasteiger partial charge in [0, 0.05) is 55.6 Å². The molecule has 2 saturated carbocycles. The van der Waals surface area contributed by atoms with Gasteiger partial charge in [0.25, 0.3) is 5.91 Å². The number of benzene rings is 1. The van der Waals surface area contributed by atoms with E-state index in [-0.39, 0.29) is 18.0 Å². The molecule has 8 rings (SSSR count). The first-order valence-electron chi connectivity index (χ1n) is 13.6. The number of rotatable bonds is 6. The molecule has 0 N–H and O–H groups in total. The molecule has 188 valence electrons. The zero-order valence-electron chi connectivity index (χ0n) is 20.8. The van der Waals surface area contributed by atoms with Gasteiger partial charge in [0.05, 0.1) is 11.4 Å². The Balaban J connectivity index is 1.07. The molecule has 37 heavy (non-hydrogen) atoms. The van der Waals surface area contributed by atoms with Crippen LogP contribution < -0.4 is 0 Å². The lowest BCUT2D eigenvalue weighted by Gasteiger charge is -2.40. The molecule has 2 aliphatic heterocycles. The summed E-state index contributed by atoms with van der Waals surface area (Å²) in [5.41, 5.74) is 5.28. The summed E-state index contributed by atoms with van der Waals surface area (Å²) < 4.78 is 7.74. The molecule has 2 saturated heterocycles. The van der Waals surface area contributed by atoms with Crippen LogP contribution in [0.25, 0.3) is 17.0 Å². The lowest BCUT2D eigenvalue weighted by molar-refractivity contribution is 0.0395. The highest BCUT2D eigenvalue weighted by molar-refractivity contribution is 5.94. The minimum atomic E-state index is 0.0539. The molecule has 8 nitrogen and oxygen atoms in total. The molecule has 2 aliphatic carbocycles. The molecular weight excluding hydrogens is 464 g/mol. The van der Waals surface area contributed by atoms with Crippen LogP contribution in [0, 0.1) is 0 Å². The van der Waals surface area contributed by atoms with Gasteiger partial charge in [-0.05, 0) is 56.1 Å². The van der Waals surface area contributed by atoms with Gasteiger partial charge in [-0.2, -0.15) is 0 Å². The molecule has 0 spiro atoms. The van der Waals surface area contributed by atoms with Gasteiger partial charge in [0.1, 0.15) is 5.76 Å². The summed E-state index contributed by atoms with van der Waals surface area (Å²) in [6.07, 6.45) is 12.2. The molecule has 2 atom stereocenters. The van der Waals surface area contributed by atoms with E-state index < -0.39 is 0 Å². The summed E-state index contributed by atoms with van der Waals surface area (Å²) in [5, 5.41) is 0. The summed E-state index contributed by atoms with van der Waals surface area (Å²) >= 11 is 0. The standard InChI is InChI=1S/C29H30N6O2/c36-28(26-27(21-8-9-21)37-17-31-26)35-22-10-11-23(35)15-33(14-22)16-24-25(32-29-30-12-1-13-34(24)29)20-6-4-19(5-7-20)18-2-3-18/h1,4-7,12-13,17-18,21-23H,2-3,8-11,14-16H2. The first-order chi connectivity index (χ1) is 18.2. The van der Waals surface area contributed by atoms with Crippen molar-refractivity contribution >= 4 is 11.7 Å². The van der Waals surface area contributed by atoms with Crippen molar-refractivity contribution < 1.29 is 9.21 Å². The molecule has 0 radical (unpaired) electrons. The molecule has 4 aliphatic rings. The highest BCUT2D eigenvalue weighted by Gasteiger charge is 2.45. The Kier molecular flexibility index (Phi) is 4.80. The van der Waals surface area contributed by atoms with Gasteiger partial charge in [0.15, 0.2) is 12.1 Å². The summed E-state index contributed by atoms with van der Waals surface area (Å²) in [6.45, 7) is 2.48. The highest BCUT2D eigenvalue weighted by atomic mass is 16.3. The van der Waals surface area contributed by atoms with E-state index in [9.17, 15) is 4.79 Å². The molecule has 1 amide bonds.